The molecular weight excluding hydrogens is 240 g/mol. The molecule has 1 aromatic rings. The predicted molar refractivity (Wildman–Crippen MR) is 74.6 cm³/mol. The third-order valence-electron chi connectivity index (χ3n) is 3.65. The number of carbonyl (C=O) groups excluding carboxylic acids is 1. The molecule has 0 radical (unpaired) electrons. The van der Waals surface area contributed by atoms with Crippen molar-refractivity contribution in [1.29, 1.82) is 0 Å². The van der Waals surface area contributed by atoms with Crippen molar-refractivity contribution in [2.75, 3.05) is 19.6 Å². The molecule has 1 aliphatic rings. The second-order valence-electron chi connectivity index (χ2n) is 5.05. The number of ether oxygens (including phenoxy) is 1. The SMILES string of the molecule is NCCC1CCN(C(=O)OCc2ccccc2)CC1. The number of nitrogens with zero attached hydrogens (tertiary/aromatic N) is 1. The lowest BCUT2D eigenvalue weighted by Gasteiger charge is -2.31. The van der Waals surface area contributed by atoms with Crippen LogP contribution in [-0.4, -0.2) is 30.6 Å². The maximum Gasteiger partial charge on any atom is 0.410 e. The van der Waals surface area contributed by atoms with Crippen LogP contribution in [0.15, 0.2) is 30.3 Å². The van der Waals surface area contributed by atoms with Gasteiger partial charge in [0.05, 0.1) is 0 Å². The van der Waals surface area contributed by atoms with Crippen LogP contribution in [0.3, 0.4) is 0 Å². The maximum atomic E-state index is 11.9. The summed E-state index contributed by atoms with van der Waals surface area (Å²) < 4.78 is 5.33. The first-order valence-corrected chi connectivity index (χ1v) is 6.95. The van der Waals surface area contributed by atoms with Gasteiger partial charge in [-0.25, -0.2) is 4.79 Å². The van der Waals surface area contributed by atoms with Crippen LogP contribution in [0.4, 0.5) is 4.79 Å². The smallest absolute Gasteiger partial charge is 0.410 e. The molecule has 0 bridgehead atoms. The summed E-state index contributed by atoms with van der Waals surface area (Å²) in [5, 5.41) is 0. The molecular formula is C15H22N2O2. The fourth-order valence-electron chi connectivity index (χ4n) is 2.45. The maximum absolute atomic E-state index is 11.9. The molecule has 0 saturated carbocycles. The molecule has 4 heteroatoms. The number of rotatable bonds is 4. The lowest BCUT2D eigenvalue weighted by molar-refractivity contribution is 0.0818. The summed E-state index contributed by atoms with van der Waals surface area (Å²) in [6, 6.07) is 9.76. The Morgan fingerprint density at radius 3 is 2.58 bits per heavy atom. The zero-order chi connectivity index (χ0) is 13.5. The highest BCUT2D eigenvalue weighted by Crippen LogP contribution is 2.20. The van der Waals surface area contributed by atoms with Gasteiger partial charge in [-0.05, 0) is 37.3 Å². The molecule has 19 heavy (non-hydrogen) atoms. The molecule has 1 heterocycles. The van der Waals surface area contributed by atoms with E-state index in [4.69, 9.17) is 10.5 Å². The Labute approximate surface area is 114 Å². The van der Waals surface area contributed by atoms with Crippen molar-refractivity contribution in [3.63, 3.8) is 0 Å². The van der Waals surface area contributed by atoms with E-state index < -0.39 is 0 Å². The summed E-state index contributed by atoms with van der Waals surface area (Å²) in [5.74, 6) is 0.670. The van der Waals surface area contributed by atoms with Gasteiger partial charge in [-0.3, -0.25) is 0 Å². The first kappa shape index (κ1) is 13.9. The number of piperidine rings is 1. The summed E-state index contributed by atoms with van der Waals surface area (Å²) in [7, 11) is 0. The van der Waals surface area contributed by atoms with Crippen LogP contribution in [0.5, 0.6) is 0 Å². The van der Waals surface area contributed by atoms with Crippen LogP contribution in [0.25, 0.3) is 0 Å². The molecule has 1 aromatic carbocycles. The Kier molecular flexibility index (Phi) is 5.21. The van der Waals surface area contributed by atoms with Crippen LogP contribution in [0.2, 0.25) is 0 Å². The highest BCUT2D eigenvalue weighted by molar-refractivity contribution is 5.67. The van der Waals surface area contributed by atoms with E-state index >= 15 is 0 Å². The number of likely N-dealkylation sites (tertiary alicyclic amines) is 1. The molecule has 2 N–H and O–H groups in total. The lowest BCUT2D eigenvalue weighted by Crippen LogP contribution is -2.39. The Bertz CT molecular complexity index is 386. The summed E-state index contributed by atoms with van der Waals surface area (Å²) >= 11 is 0. The molecule has 2 rings (SSSR count). The number of carbonyl (C=O) groups is 1. The largest absolute Gasteiger partial charge is 0.445 e. The molecule has 1 amide bonds. The van der Waals surface area contributed by atoms with Gasteiger partial charge in [-0.2, -0.15) is 0 Å². The van der Waals surface area contributed by atoms with E-state index in [0.717, 1.165) is 44.5 Å². The molecule has 1 saturated heterocycles. The average molecular weight is 262 g/mol. The van der Waals surface area contributed by atoms with Gasteiger partial charge in [0.15, 0.2) is 0 Å². The van der Waals surface area contributed by atoms with Crippen LogP contribution >= 0.6 is 0 Å². The molecule has 0 atom stereocenters. The van der Waals surface area contributed by atoms with E-state index in [1.807, 2.05) is 30.3 Å². The minimum Gasteiger partial charge on any atom is -0.445 e. The normalized spacial score (nSPS) is 16.4. The number of hydrogen-bond donors (Lipinski definition) is 1. The first-order chi connectivity index (χ1) is 9.29. The Morgan fingerprint density at radius 1 is 1.26 bits per heavy atom. The van der Waals surface area contributed by atoms with Crippen molar-refractivity contribution < 1.29 is 9.53 Å². The Morgan fingerprint density at radius 2 is 1.95 bits per heavy atom. The standard InChI is InChI=1S/C15H22N2O2/c16-9-6-13-7-10-17(11-8-13)15(18)19-12-14-4-2-1-3-5-14/h1-5,13H,6-12,16H2. The van der Waals surface area contributed by atoms with Gasteiger partial charge in [-0.1, -0.05) is 30.3 Å². The molecule has 0 aromatic heterocycles. The zero-order valence-electron chi connectivity index (χ0n) is 11.3. The van der Waals surface area contributed by atoms with Gasteiger partial charge >= 0.3 is 6.09 Å². The monoisotopic (exact) mass is 262 g/mol. The van der Waals surface area contributed by atoms with Gasteiger partial charge in [0.2, 0.25) is 0 Å². The summed E-state index contributed by atoms with van der Waals surface area (Å²) in [6.07, 6.45) is 2.94. The van der Waals surface area contributed by atoms with E-state index in [1.54, 1.807) is 4.90 Å². The number of benzene rings is 1. The van der Waals surface area contributed by atoms with Crippen LogP contribution in [0.1, 0.15) is 24.8 Å². The fourth-order valence-corrected chi connectivity index (χ4v) is 2.45. The van der Waals surface area contributed by atoms with Gasteiger partial charge in [0.1, 0.15) is 6.61 Å². The highest BCUT2D eigenvalue weighted by atomic mass is 16.6. The molecule has 0 spiro atoms. The van der Waals surface area contributed by atoms with E-state index in [0.29, 0.717) is 12.5 Å². The number of amides is 1. The van der Waals surface area contributed by atoms with Gasteiger partial charge in [0.25, 0.3) is 0 Å². The minimum atomic E-state index is -0.199. The quantitative estimate of drug-likeness (QED) is 0.906. The zero-order valence-corrected chi connectivity index (χ0v) is 11.3. The first-order valence-electron chi connectivity index (χ1n) is 6.95. The highest BCUT2D eigenvalue weighted by Gasteiger charge is 2.23. The molecule has 4 nitrogen and oxygen atoms in total. The fraction of sp³-hybridized carbons (Fsp3) is 0.533. The topological polar surface area (TPSA) is 55.6 Å². The number of nitrogens with two attached hydrogens (primary N) is 1. The van der Waals surface area contributed by atoms with Crippen molar-refractivity contribution in [2.24, 2.45) is 11.7 Å². The summed E-state index contributed by atoms with van der Waals surface area (Å²) in [5.41, 5.74) is 6.58. The van der Waals surface area contributed by atoms with Gasteiger partial charge in [-0.15, -0.1) is 0 Å². The van der Waals surface area contributed by atoms with Crippen molar-refractivity contribution >= 4 is 6.09 Å². The Balaban J connectivity index is 1.73. The lowest BCUT2D eigenvalue weighted by atomic mass is 9.94. The van der Waals surface area contributed by atoms with Crippen LogP contribution in [-0.2, 0) is 11.3 Å². The molecule has 104 valence electrons. The third-order valence-corrected chi connectivity index (χ3v) is 3.65. The minimum absolute atomic E-state index is 0.199. The number of hydrogen-bond acceptors (Lipinski definition) is 3. The van der Waals surface area contributed by atoms with Crippen molar-refractivity contribution in [2.45, 2.75) is 25.9 Å². The van der Waals surface area contributed by atoms with Gasteiger partial charge < -0.3 is 15.4 Å². The predicted octanol–water partition coefficient (Wildman–Crippen LogP) is 2.38. The molecule has 0 unspecified atom stereocenters. The van der Waals surface area contributed by atoms with Crippen LogP contribution in [0, 0.1) is 5.92 Å². The van der Waals surface area contributed by atoms with E-state index in [2.05, 4.69) is 0 Å². The Hall–Kier alpha value is -1.55. The van der Waals surface area contributed by atoms with Crippen molar-refractivity contribution in [1.82, 2.24) is 4.90 Å². The van der Waals surface area contributed by atoms with E-state index in [-0.39, 0.29) is 6.09 Å². The second-order valence-corrected chi connectivity index (χ2v) is 5.05. The van der Waals surface area contributed by atoms with Gasteiger partial charge in [0, 0.05) is 13.1 Å². The third kappa shape index (κ3) is 4.24. The average Bonchev–Trinajstić information content (AvgIpc) is 2.47. The second kappa shape index (κ2) is 7.14. The summed E-state index contributed by atoms with van der Waals surface area (Å²) in [6.45, 7) is 2.67. The molecule has 1 fully saturated rings. The van der Waals surface area contributed by atoms with Crippen molar-refractivity contribution in [3.8, 4) is 0 Å². The summed E-state index contributed by atoms with van der Waals surface area (Å²) in [4.78, 5) is 13.7. The van der Waals surface area contributed by atoms with Crippen molar-refractivity contribution in [3.05, 3.63) is 35.9 Å². The van der Waals surface area contributed by atoms with Crippen LogP contribution < -0.4 is 5.73 Å². The molecule has 0 aliphatic carbocycles. The van der Waals surface area contributed by atoms with E-state index in [9.17, 15) is 4.79 Å². The molecule has 1 aliphatic heterocycles. The van der Waals surface area contributed by atoms with E-state index in [1.165, 1.54) is 0 Å².